The number of amides is 1. The maximum atomic E-state index is 13.5. The number of hydrogen-bond acceptors (Lipinski definition) is 6. The van der Waals surface area contributed by atoms with Crippen LogP contribution in [0.1, 0.15) is 55.8 Å². The number of anilines is 1. The zero-order valence-electron chi connectivity index (χ0n) is 19.3. The minimum atomic E-state index is -3.62. The van der Waals surface area contributed by atoms with E-state index in [1.807, 2.05) is 64.1 Å². The van der Waals surface area contributed by atoms with Crippen LogP contribution in [0.25, 0.3) is 0 Å². The normalized spacial score (nSPS) is 17.2. The average Bonchev–Trinajstić information content (AvgIpc) is 3.25. The molecule has 0 saturated carbocycles. The third kappa shape index (κ3) is 5.00. The van der Waals surface area contributed by atoms with E-state index in [1.165, 1.54) is 11.3 Å². The first kappa shape index (κ1) is 23.5. The van der Waals surface area contributed by atoms with E-state index in [9.17, 15) is 13.2 Å². The maximum Gasteiger partial charge on any atom is 0.286 e. The van der Waals surface area contributed by atoms with Gasteiger partial charge in [-0.25, -0.2) is 8.42 Å². The lowest BCUT2D eigenvalue weighted by Crippen LogP contribution is -2.39. The van der Waals surface area contributed by atoms with Crippen molar-refractivity contribution in [3.05, 3.63) is 68.7 Å². The molecule has 0 spiro atoms. The minimum Gasteiger partial charge on any atom is -0.320 e. The molecule has 9 heteroatoms. The van der Waals surface area contributed by atoms with Crippen molar-refractivity contribution in [1.29, 1.82) is 0 Å². The molecule has 4 rings (SSSR count). The standard InChI is InChI=1S/C24H28N4O3S2/c1-15-7-9-20(10-8-15)25-22(29)24-27-26-23(32-24)19-6-5-11-28(14-19)33(30,31)21-17(3)12-16(2)13-18(21)4/h7-10,12-13,19H,5-6,11,14H2,1-4H3,(H,25,29)/t19-/m1/s1. The molecule has 33 heavy (non-hydrogen) atoms. The van der Waals surface area contributed by atoms with Crippen LogP contribution < -0.4 is 5.32 Å². The maximum absolute atomic E-state index is 13.5. The summed E-state index contributed by atoms with van der Waals surface area (Å²) >= 11 is 1.23. The van der Waals surface area contributed by atoms with Gasteiger partial charge in [-0.1, -0.05) is 46.7 Å². The van der Waals surface area contributed by atoms with Crippen molar-refractivity contribution in [3.63, 3.8) is 0 Å². The number of sulfonamides is 1. The van der Waals surface area contributed by atoms with Crippen LogP contribution in [0.4, 0.5) is 5.69 Å². The lowest BCUT2D eigenvalue weighted by atomic mass is 10.0. The van der Waals surface area contributed by atoms with Crippen molar-refractivity contribution in [2.75, 3.05) is 18.4 Å². The van der Waals surface area contributed by atoms with Gasteiger partial charge in [0.25, 0.3) is 5.91 Å². The summed E-state index contributed by atoms with van der Waals surface area (Å²) in [6.07, 6.45) is 1.55. The van der Waals surface area contributed by atoms with Crippen molar-refractivity contribution in [3.8, 4) is 0 Å². The van der Waals surface area contributed by atoms with Crippen LogP contribution in [-0.2, 0) is 10.0 Å². The Labute approximate surface area is 198 Å². The molecule has 2 heterocycles. The summed E-state index contributed by atoms with van der Waals surface area (Å²) in [7, 11) is -3.62. The van der Waals surface area contributed by atoms with Gasteiger partial charge in [-0.2, -0.15) is 4.31 Å². The van der Waals surface area contributed by atoms with E-state index in [2.05, 4.69) is 15.5 Å². The summed E-state index contributed by atoms with van der Waals surface area (Å²) < 4.78 is 28.5. The van der Waals surface area contributed by atoms with Gasteiger partial charge in [0.15, 0.2) is 0 Å². The second-order valence-corrected chi connectivity index (χ2v) is 11.6. The molecule has 1 aliphatic rings. The molecule has 1 atom stereocenters. The molecule has 0 radical (unpaired) electrons. The van der Waals surface area contributed by atoms with Gasteiger partial charge in [-0.3, -0.25) is 4.79 Å². The molecule has 174 valence electrons. The molecule has 1 fully saturated rings. The van der Waals surface area contributed by atoms with Gasteiger partial charge < -0.3 is 5.32 Å². The minimum absolute atomic E-state index is 0.0852. The van der Waals surface area contributed by atoms with Gasteiger partial charge in [-0.05, 0) is 63.8 Å². The largest absolute Gasteiger partial charge is 0.320 e. The summed E-state index contributed by atoms with van der Waals surface area (Å²) in [6.45, 7) is 8.46. The number of hydrogen-bond donors (Lipinski definition) is 1. The van der Waals surface area contributed by atoms with E-state index in [0.29, 0.717) is 28.7 Å². The number of aromatic nitrogens is 2. The van der Waals surface area contributed by atoms with E-state index >= 15 is 0 Å². The van der Waals surface area contributed by atoms with Crippen LogP contribution in [0.2, 0.25) is 0 Å². The van der Waals surface area contributed by atoms with Crippen LogP contribution >= 0.6 is 11.3 Å². The summed E-state index contributed by atoms with van der Waals surface area (Å²) in [5.74, 6) is -0.396. The molecule has 0 bridgehead atoms. The predicted molar refractivity (Wildman–Crippen MR) is 130 cm³/mol. The highest BCUT2D eigenvalue weighted by molar-refractivity contribution is 7.89. The Kier molecular flexibility index (Phi) is 6.65. The first-order valence-corrected chi connectivity index (χ1v) is 13.2. The molecule has 1 aromatic heterocycles. The molecule has 2 aromatic carbocycles. The molecule has 1 saturated heterocycles. The van der Waals surface area contributed by atoms with Crippen LogP contribution in [0, 0.1) is 27.7 Å². The molecule has 7 nitrogen and oxygen atoms in total. The molecular weight excluding hydrogens is 456 g/mol. The van der Waals surface area contributed by atoms with Crippen molar-refractivity contribution in [2.45, 2.75) is 51.3 Å². The summed E-state index contributed by atoms with van der Waals surface area (Å²) in [5.41, 5.74) is 4.38. The topological polar surface area (TPSA) is 92.3 Å². The Morgan fingerprint density at radius 2 is 1.70 bits per heavy atom. The lowest BCUT2D eigenvalue weighted by molar-refractivity contribution is 0.102. The fraction of sp³-hybridized carbons (Fsp3) is 0.375. The molecule has 1 N–H and O–H groups in total. The third-order valence-electron chi connectivity index (χ3n) is 5.88. The highest BCUT2D eigenvalue weighted by Gasteiger charge is 2.34. The number of piperidine rings is 1. The zero-order valence-corrected chi connectivity index (χ0v) is 20.9. The van der Waals surface area contributed by atoms with E-state index in [4.69, 9.17) is 0 Å². The Bertz CT molecular complexity index is 1260. The van der Waals surface area contributed by atoms with E-state index < -0.39 is 10.0 Å². The third-order valence-corrected chi connectivity index (χ3v) is 9.14. The first-order chi connectivity index (χ1) is 15.6. The molecule has 3 aromatic rings. The fourth-order valence-corrected chi connectivity index (χ4v) is 7.18. The first-order valence-electron chi connectivity index (χ1n) is 10.9. The lowest BCUT2D eigenvalue weighted by Gasteiger charge is -2.31. The van der Waals surface area contributed by atoms with Crippen molar-refractivity contribution in [2.24, 2.45) is 0 Å². The number of nitrogens with one attached hydrogen (secondary N) is 1. The average molecular weight is 485 g/mol. The van der Waals surface area contributed by atoms with Gasteiger partial charge in [0.05, 0.1) is 4.90 Å². The second kappa shape index (κ2) is 9.32. The highest BCUT2D eigenvalue weighted by Crippen LogP contribution is 2.34. The summed E-state index contributed by atoms with van der Waals surface area (Å²) in [6, 6.07) is 11.4. The summed E-state index contributed by atoms with van der Waals surface area (Å²) in [4.78, 5) is 13.0. The van der Waals surface area contributed by atoms with E-state index in [1.54, 1.807) is 4.31 Å². The van der Waals surface area contributed by atoms with Gasteiger partial charge in [0.1, 0.15) is 5.01 Å². The van der Waals surface area contributed by atoms with Crippen LogP contribution in [-0.4, -0.2) is 41.9 Å². The molecular formula is C24H28N4O3S2. The van der Waals surface area contributed by atoms with Crippen molar-refractivity contribution in [1.82, 2.24) is 14.5 Å². The number of nitrogens with zero attached hydrogens (tertiary/aromatic N) is 3. The number of carbonyl (C=O) groups excluding carboxylic acids is 1. The van der Waals surface area contributed by atoms with Crippen molar-refractivity contribution < 1.29 is 13.2 Å². The van der Waals surface area contributed by atoms with Gasteiger partial charge in [-0.15, -0.1) is 10.2 Å². The monoisotopic (exact) mass is 484 g/mol. The van der Waals surface area contributed by atoms with Crippen molar-refractivity contribution >= 4 is 33.0 Å². The van der Waals surface area contributed by atoms with Crippen LogP contribution in [0.15, 0.2) is 41.3 Å². The molecule has 0 unspecified atom stereocenters. The SMILES string of the molecule is Cc1ccc(NC(=O)c2nnc([C@@H]3CCCN(S(=O)(=O)c4c(C)cc(C)cc4C)C3)s2)cc1. The summed E-state index contributed by atoms with van der Waals surface area (Å²) in [5, 5.41) is 12.1. The molecule has 1 amide bonds. The van der Waals surface area contributed by atoms with E-state index in [-0.39, 0.29) is 16.8 Å². The molecule has 1 aliphatic heterocycles. The second-order valence-electron chi connectivity index (χ2n) is 8.70. The predicted octanol–water partition coefficient (Wildman–Crippen LogP) is 4.59. The Morgan fingerprint density at radius 1 is 1.03 bits per heavy atom. The van der Waals surface area contributed by atoms with Crippen LogP contribution in [0.5, 0.6) is 0 Å². The van der Waals surface area contributed by atoms with Gasteiger partial charge in [0, 0.05) is 24.7 Å². The zero-order chi connectivity index (χ0) is 23.8. The molecule has 0 aliphatic carbocycles. The number of rotatable bonds is 5. The van der Waals surface area contributed by atoms with Crippen LogP contribution in [0.3, 0.4) is 0 Å². The smallest absolute Gasteiger partial charge is 0.286 e. The Morgan fingerprint density at radius 3 is 2.36 bits per heavy atom. The Hall–Kier alpha value is -2.62. The van der Waals surface area contributed by atoms with E-state index in [0.717, 1.165) is 35.1 Å². The van der Waals surface area contributed by atoms with Gasteiger partial charge >= 0.3 is 0 Å². The number of benzene rings is 2. The highest BCUT2D eigenvalue weighted by atomic mass is 32.2. The number of carbonyl (C=O) groups is 1. The number of aryl methyl sites for hydroxylation is 4. The Balaban J connectivity index is 1.51. The fourth-order valence-electron chi connectivity index (χ4n) is 4.38. The quantitative estimate of drug-likeness (QED) is 0.572. The van der Waals surface area contributed by atoms with Gasteiger partial charge in [0.2, 0.25) is 15.0 Å².